The Morgan fingerprint density at radius 1 is 0.547 bits per heavy atom. The maximum atomic E-state index is 14.0. The molecule has 8 rings (SSSR count). The molecule has 2 saturated carbocycles. The molecular weight excluding hydrogens is 1120 g/mol. The minimum atomic E-state index is -0.489. The molecule has 0 amide bonds. The Balaban J connectivity index is 0.842. The highest BCUT2D eigenvalue weighted by atomic mass is 32.1. The lowest BCUT2D eigenvalue weighted by atomic mass is 9.82. The minimum Gasteiger partial charge on any atom is -0.494 e. The predicted octanol–water partition coefficient (Wildman–Crippen LogP) is 12.3. The zero-order valence-electron chi connectivity index (χ0n) is 48.7. The zero-order chi connectivity index (χ0) is 60.3. The molecule has 1 aliphatic heterocycles. The Hall–Kier alpha value is -7.94. The summed E-state index contributed by atoms with van der Waals surface area (Å²) < 4.78 is 58.1. The number of thiazole rings is 1. The Kier molecular flexibility index (Phi) is 25.5. The van der Waals surface area contributed by atoms with Crippen LogP contribution in [0.5, 0.6) is 34.5 Å². The summed E-state index contributed by atoms with van der Waals surface area (Å²) in [6.45, 7) is 10.1. The van der Waals surface area contributed by atoms with Crippen molar-refractivity contribution < 1.29 is 76.1 Å². The van der Waals surface area contributed by atoms with Crippen molar-refractivity contribution in [2.24, 2.45) is 28.8 Å². The number of hydrogen-bond donors (Lipinski definition) is 0. The lowest BCUT2D eigenvalue weighted by Gasteiger charge is -2.26. The van der Waals surface area contributed by atoms with E-state index in [4.69, 9.17) is 57.5 Å². The van der Waals surface area contributed by atoms with Gasteiger partial charge in [-0.25, -0.2) is 19.6 Å². The summed E-state index contributed by atoms with van der Waals surface area (Å²) in [5, 5.41) is 7.30. The van der Waals surface area contributed by atoms with Crippen molar-refractivity contribution >= 4 is 68.7 Å². The zero-order valence-corrected chi connectivity index (χ0v) is 49.5. The molecule has 0 N–H and O–H groups in total. The van der Waals surface area contributed by atoms with Gasteiger partial charge in [0, 0.05) is 30.7 Å². The molecule has 0 radical (unpaired) electrons. The fourth-order valence-corrected chi connectivity index (χ4v) is 11.1. The number of anilines is 1. The van der Waals surface area contributed by atoms with E-state index in [1.807, 2.05) is 24.3 Å². The summed E-state index contributed by atoms with van der Waals surface area (Å²) >= 11 is 1.48. The molecule has 86 heavy (non-hydrogen) atoms. The van der Waals surface area contributed by atoms with Crippen molar-refractivity contribution in [2.75, 3.05) is 51.2 Å². The summed E-state index contributed by atoms with van der Waals surface area (Å²) in [5.74, 6) is -1.66. The van der Waals surface area contributed by atoms with E-state index in [1.165, 1.54) is 11.3 Å². The Morgan fingerprint density at radius 2 is 0.988 bits per heavy atom. The van der Waals surface area contributed by atoms with E-state index in [2.05, 4.69) is 13.2 Å². The minimum absolute atomic E-state index is 0.203. The quantitative estimate of drug-likeness (QED) is 0.00974. The van der Waals surface area contributed by atoms with Gasteiger partial charge in [-0.15, -0.1) is 0 Å². The maximum absolute atomic E-state index is 14.0. The Labute approximate surface area is 505 Å². The molecule has 1 aromatic heterocycles. The largest absolute Gasteiger partial charge is 0.494 e. The molecule has 0 bridgehead atoms. The fraction of sp³-hybridized carbons (Fsp3) is 0.455. The molecule has 4 aromatic carbocycles. The van der Waals surface area contributed by atoms with Crippen LogP contribution in [0.4, 0.5) is 5.13 Å². The number of para-hydroxylation sites is 1. The number of hydrazone groups is 1. The number of carbonyl (C=O) groups is 6. The van der Waals surface area contributed by atoms with E-state index in [-0.39, 0.29) is 23.4 Å². The highest BCUT2D eigenvalue weighted by molar-refractivity contribution is 7.22. The van der Waals surface area contributed by atoms with E-state index in [0.717, 1.165) is 80.2 Å². The van der Waals surface area contributed by atoms with Crippen molar-refractivity contribution in [1.82, 2.24) is 4.98 Å². The molecule has 5 aromatic rings. The second-order valence-corrected chi connectivity index (χ2v) is 22.3. The fourth-order valence-electron chi connectivity index (χ4n) is 10.1. The Bertz CT molecular complexity index is 3020. The predicted molar refractivity (Wildman–Crippen MR) is 322 cm³/mol. The smallest absolute Gasteiger partial charge is 0.330 e. The number of fused-ring (bicyclic) bond motifs is 1. The van der Waals surface area contributed by atoms with Gasteiger partial charge in [-0.1, -0.05) is 36.6 Å². The van der Waals surface area contributed by atoms with Gasteiger partial charge in [-0.2, -0.15) is 5.10 Å². The van der Waals surface area contributed by atoms with Gasteiger partial charge in [-0.05, 0) is 188 Å². The molecular formula is C66H77N3O16S. The van der Waals surface area contributed by atoms with Gasteiger partial charge in [0.25, 0.3) is 0 Å². The molecule has 1 saturated heterocycles. The van der Waals surface area contributed by atoms with Crippen LogP contribution in [-0.2, 0) is 47.7 Å². The monoisotopic (exact) mass is 1200 g/mol. The van der Waals surface area contributed by atoms with Gasteiger partial charge >= 0.3 is 35.8 Å². The van der Waals surface area contributed by atoms with E-state index in [1.54, 1.807) is 78.0 Å². The molecule has 458 valence electrons. The first-order chi connectivity index (χ1) is 42.0. The molecule has 3 fully saturated rings. The third-order valence-electron chi connectivity index (χ3n) is 15.0. The van der Waals surface area contributed by atoms with Crippen LogP contribution in [0.3, 0.4) is 0 Å². The summed E-state index contributed by atoms with van der Waals surface area (Å²) in [6.07, 6.45) is 15.1. The maximum Gasteiger partial charge on any atom is 0.330 e. The van der Waals surface area contributed by atoms with E-state index < -0.39 is 53.8 Å². The van der Waals surface area contributed by atoms with Gasteiger partial charge < -0.3 is 47.4 Å². The molecule has 0 spiro atoms. The van der Waals surface area contributed by atoms with Crippen molar-refractivity contribution in [2.45, 2.75) is 122 Å². The van der Waals surface area contributed by atoms with Crippen LogP contribution < -0.4 is 33.4 Å². The molecule has 20 heteroatoms. The Morgan fingerprint density at radius 3 is 1.48 bits per heavy atom. The SMILES string of the molecule is C=CC(=O)OCCCCCCOc1ccc(OC(=O)C2CCC(C(=O)Oc3ccc(OC(=O)C4CCC(C(=O)Oc5ccc(OCCCCCCOC(=O)C=C)cc5)CC4)c(C=NN(CCC4OCCCO4)c4nc5ccccc5s4)c3)CC2)cc1. The number of rotatable bonds is 32. The third kappa shape index (κ3) is 20.6. The van der Waals surface area contributed by atoms with Crippen LogP contribution in [0.2, 0.25) is 0 Å². The molecule has 2 aliphatic carbocycles. The molecule has 3 aliphatic rings. The van der Waals surface area contributed by atoms with Crippen LogP contribution >= 0.6 is 11.3 Å². The normalized spacial score (nSPS) is 17.9. The number of nitrogens with zero attached hydrogens (tertiary/aromatic N) is 3. The molecule has 2 heterocycles. The summed E-state index contributed by atoms with van der Waals surface area (Å²) in [4.78, 5) is 81.6. The number of benzene rings is 4. The average molecular weight is 1200 g/mol. The number of carbonyl (C=O) groups excluding carboxylic acids is 6. The first-order valence-electron chi connectivity index (χ1n) is 30.0. The first-order valence-corrected chi connectivity index (χ1v) is 30.8. The highest BCUT2D eigenvalue weighted by Crippen LogP contribution is 2.36. The number of unbranched alkanes of at least 4 members (excludes halogenated alkanes) is 6. The van der Waals surface area contributed by atoms with Crippen molar-refractivity contribution in [1.29, 1.82) is 0 Å². The average Bonchev–Trinajstić information content (AvgIpc) is 4.06. The van der Waals surface area contributed by atoms with Crippen molar-refractivity contribution in [3.63, 3.8) is 0 Å². The van der Waals surface area contributed by atoms with Crippen molar-refractivity contribution in [3.8, 4) is 34.5 Å². The van der Waals surface area contributed by atoms with Crippen LogP contribution in [0.25, 0.3) is 10.2 Å². The first kappa shape index (κ1) is 64.1. The highest BCUT2D eigenvalue weighted by Gasteiger charge is 2.34. The number of esters is 6. The molecule has 0 unspecified atom stereocenters. The topological polar surface area (TPSA) is 223 Å². The van der Waals surface area contributed by atoms with Gasteiger partial charge in [0.1, 0.15) is 34.5 Å². The summed E-state index contributed by atoms with van der Waals surface area (Å²) in [5.41, 5.74) is 1.19. The van der Waals surface area contributed by atoms with Crippen LogP contribution in [-0.4, -0.2) is 99.5 Å². The summed E-state index contributed by atoms with van der Waals surface area (Å²) in [6, 6.07) is 26.4. The van der Waals surface area contributed by atoms with Gasteiger partial charge in [-0.3, -0.25) is 19.2 Å². The molecule has 19 nitrogen and oxygen atoms in total. The number of hydrogen-bond acceptors (Lipinski definition) is 20. The lowest BCUT2D eigenvalue weighted by Crippen LogP contribution is -2.31. The lowest BCUT2D eigenvalue weighted by molar-refractivity contribution is -0.179. The van der Waals surface area contributed by atoms with E-state index in [9.17, 15) is 28.8 Å². The van der Waals surface area contributed by atoms with Gasteiger partial charge in [0.15, 0.2) is 6.29 Å². The number of aromatic nitrogens is 1. The van der Waals surface area contributed by atoms with Crippen molar-refractivity contribution in [3.05, 3.63) is 122 Å². The third-order valence-corrected chi connectivity index (χ3v) is 16.1. The second-order valence-electron chi connectivity index (χ2n) is 21.3. The van der Waals surface area contributed by atoms with E-state index in [0.29, 0.717) is 138 Å². The summed E-state index contributed by atoms with van der Waals surface area (Å²) in [7, 11) is 0. The molecule has 0 atom stereocenters. The van der Waals surface area contributed by atoms with Gasteiger partial charge in [0.05, 0.1) is 79.7 Å². The number of ether oxygens (including phenoxy) is 10. The second kappa shape index (κ2) is 34.3. The van der Waals surface area contributed by atoms with Gasteiger partial charge in [0.2, 0.25) is 5.13 Å². The van der Waals surface area contributed by atoms with Crippen LogP contribution in [0.15, 0.2) is 121 Å². The standard InChI is InChI=1S/C66H77N3O16S/c1-3-59(70)78-40-13-7-5-11-38-76-51-26-30-53(31-27-51)82-62(72)46-18-20-48(21-19-46)64(74)84-55-34-35-57(50(44-55)45-67-69(37-36-61-80-42-15-43-81-61)66-68-56-16-9-10-17-58(56)86-66)85-65(75)49-24-22-47(23-25-49)63(73)83-54-32-28-52(29-33-54)77-39-12-6-8-14-41-79-60(71)4-2/h3-4,9-10,16-17,26-35,44-49,61H,1-2,5-8,11-15,18-25,36-43H2. The van der Waals surface area contributed by atoms with E-state index >= 15 is 0 Å². The van der Waals surface area contributed by atoms with Crippen LogP contribution in [0.1, 0.15) is 121 Å². The van der Waals surface area contributed by atoms with Crippen LogP contribution in [0, 0.1) is 23.7 Å².